The number of carbonyl (C=O) groups is 1. The summed E-state index contributed by atoms with van der Waals surface area (Å²) in [6.45, 7) is 9.40. The molecule has 2 aliphatic heterocycles. The highest BCUT2D eigenvalue weighted by atomic mass is 32.2. The van der Waals surface area contributed by atoms with Crippen molar-refractivity contribution in [1.29, 1.82) is 0 Å². The Balaban J connectivity index is 1.38. The van der Waals surface area contributed by atoms with E-state index in [0.717, 1.165) is 42.8 Å². The van der Waals surface area contributed by atoms with E-state index in [1.165, 1.54) is 6.20 Å². The molecule has 15 nitrogen and oxygen atoms in total. The van der Waals surface area contributed by atoms with Gasteiger partial charge in [-0.05, 0) is 58.6 Å². The second kappa shape index (κ2) is 12.0. The van der Waals surface area contributed by atoms with E-state index in [0.29, 0.717) is 49.7 Å². The monoisotopic (exact) mass is 640 g/mol. The predicted molar refractivity (Wildman–Crippen MR) is 163 cm³/mol. The van der Waals surface area contributed by atoms with Crippen LogP contribution in [0.25, 0.3) is 21.8 Å². The van der Waals surface area contributed by atoms with E-state index >= 15 is 0 Å². The highest BCUT2D eigenvalue weighted by Crippen LogP contribution is 2.38. The first kappa shape index (κ1) is 30.9. The number of aryl methyl sites for hydroxylation is 1. The van der Waals surface area contributed by atoms with Crippen LogP contribution in [0.2, 0.25) is 0 Å². The van der Waals surface area contributed by atoms with Crippen LogP contribution >= 0.6 is 0 Å². The van der Waals surface area contributed by atoms with Gasteiger partial charge in [0.1, 0.15) is 22.7 Å². The highest BCUT2D eigenvalue weighted by molar-refractivity contribution is 7.86. The molecule has 1 atom stereocenters. The lowest BCUT2D eigenvalue weighted by molar-refractivity contribution is -0.0366. The first-order valence-corrected chi connectivity index (χ1v) is 16.2. The zero-order valence-corrected chi connectivity index (χ0v) is 26.7. The van der Waals surface area contributed by atoms with Crippen LogP contribution in [0.1, 0.15) is 51.8 Å². The Bertz CT molecular complexity index is 1840. The molecule has 1 amide bonds. The maximum absolute atomic E-state index is 12.9. The topological polar surface area (TPSA) is 164 Å². The van der Waals surface area contributed by atoms with Crippen LogP contribution in [0.5, 0.6) is 11.6 Å². The van der Waals surface area contributed by atoms with Gasteiger partial charge in [-0.25, -0.2) is 14.5 Å². The van der Waals surface area contributed by atoms with Gasteiger partial charge in [0.05, 0.1) is 35.8 Å². The van der Waals surface area contributed by atoms with E-state index in [4.69, 9.17) is 18.4 Å². The molecule has 1 aromatic carbocycles. The lowest BCUT2D eigenvalue weighted by atomic mass is 10.1. The average molecular weight is 641 g/mol. The Morgan fingerprint density at radius 1 is 1.04 bits per heavy atom. The molecule has 2 fully saturated rings. The summed E-state index contributed by atoms with van der Waals surface area (Å²) in [5.41, 5.74) is 1.15. The molecule has 16 heteroatoms. The van der Waals surface area contributed by atoms with Crippen LogP contribution < -0.4 is 9.64 Å². The zero-order chi connectivity index (χ0) is 31.9. The summed E-state index contributed by atoms with van der Waals surface area (Å²) in [4.78, 5) is 24.8. The van der Waals surface area contributed by atoms with Crippen molar-refractivity contribution >= 4 is 43.8 Å². The van der Waals surface area contributed by atoms with Crippen molar-refractivity contribution in [1.82, 2.24) is 34.8 Å². The van der Waals surface area contributed by atoms with Gasteiger partial charge in [0.2, 0.25) is 0 Å². The molecule has 0 spiro atoms. The third kappa shape index (κ3) is 6.21. The number of amides is 1. The fourth-order valence-corrected chi connectivity index (χ4v) is 5.96. The molecule has 240 valence electrons. The number of fused-ring (bicyclic) bond motifs is 2. The molecule has 0 bridgehead atoms. The number of anilines is 1. The number of carbonyl (C=O) groups excluding carboxylic acids is 1. The van der Waals surface area contributed by atoms with Crippen LogP contribution in [0.3, 0.4) is 0 Å². The molecule has 1 unspecified atom stereocenters. The fourth-order valence-electron chi connectivity index (χ4n) is 5.41. The molecule has 0 aliphatic carbocycles. The molecule has 5 heterocycles. The summed E-state index contributed by atoms with van der Waals surface area (Å²) >= 11 is 0. The van der Waals surface area contributed by atoms with E-state index in [9.17, 15) is 13.2 Å². The van der Waals surface area contributed by atoms with Gasteiger partial charge in [0, 0.05) is 32.8 Å². The maximum Gasteiger partial charge on any atom is 0.410 e. The summed E-state index contributed by atoms with van der Waals surface area (Å²) in [6.07, 6.45) is 5.54. The quantitative estimate of drug-likeness (QED) is 0.220. The standard InChI is InChI=1S/C29H36N8O7S/c1-18-9-10-21-19(17-31-37(21)22-8-6-7-15-42-22)24(18)43-26-23-20(16-30-34-26)25(33-27(32-23)45(39,40)41-5)35-11-13-36(14-12-35)28(38)44-29(2,3)4/h9-10,16-17,22H,6-8,11-15H2,1-5H3. The van der Waals surface area contributed by atoms with Crippen molar-refractivity contribution < 1.29 is 31.6 Å². The SMILES string of the molecule is COS(=O)(=O)c1nc(N2CCN(C(=O)OC(C)(C)C)CC2)c2cnnc(Oc3c(C)ccc4c3cnn4C3CCCCO3)c2n1. The smallest absolute Gasteiger partial charge is 0.410 e. The van der Waals surface area contributed by atoms with E-state index in [1.807, 2.05) is 49.4 Å². The third-order valence-corrected chi connectivity index (χ3v) is 8.74. The number of ether oxygens (including phenoxy) is 3. The second-order valence-electron chi connectivity index (χ2n) is 12.0. The van der Waals surface area contributed by atoms with Gasteiger partial charge in [-0.15, -0.1) is 5.10 Å². The van der Waals surface area contributed by atoms with E-state index in [1.54, 1.807) is 11.1 Å². The van der Waals surface area contributed by atoms with Gasteiger partial charge >= 0.3 is 16.2 Å². The molecule has 2 saturated heterocycles. The summed E-state index contributed by atoms with van der Waals surface area (Å²) < 4.78 is 50.2. The van der Waals surface area contributed by atoms with E-state index in [-0.39, 0.29) is 17.6 Å². The Hall–Kier alpha value is -4.15. The molecule has 0 saturated carbocycles. The Labute approximate surface area is 260 Å². The molecule has 45 heavy (non-hydrogen) atoms. The fraction of sp³-hybridized carbons (Fsp3) is 0.517. The van der Waals surface area contributed by atoms with Crippen LogP contribution in [-0.4, -0.2) is 94.9 Å². The number of benzene rings is 1. The Kier molecular flexibility index (Phi) is 8.22. The molecule has 2 aliphatic rings. The minimum atomic E-state index is -4.30. The Morgan fingerprint density at radius 3 is 2.51 bits per heavy atom. The maximum atomic E-state index is 12.9. The van der Waals surface area contributed by atoms with Gasteiger partial charge in [-0.2, -0.15) is 23.6 Å². The summed E-state index contributed by atoms with van der Waals surface area (Å²) in [5.74, 6) is 0.781. The Morgan fingerprint density at radius 2 is 1.82 bits per heavy atom. The molecule has 0 radical (unpaired) electrons. The number of hydrogen-bond acceptors (Lipinski definition) is 13. The van der Waals surface area contributed by atoms with E-state index in [2.05, 4.69) is 25.3 Å². The molecule has 3 aromatic heterocycles. The normalized spacial score (nSPS) is 18.0. The predicted octanol–water partition coefficient (Wildman–Crippen LogP) is 3.96. The number of rotatable bonds is 6. The van der Waals surface area contributed by atoms with Gasteiger partial charge in [0.25, 0.3) is 11.0 Å². The lowest BCUT2D eigenvalue weighted by Crippen LogP contribution is -2.50. The van der Waals surface area contributed by atoms with Crippen LogP contribution in [-0.2, 0) is 23.8 Å². The number of hydrogen-bond donors (Lipinski definition) is 0. The number of aromatic nitrogens is 6. The van der Waals surface area contributed by atoms with Crippen molar-refractivity contribution in [3.63, 3.8) is 0 Å². The van der Waals surface area contributed by atoms with Gasteiger partial charge < -0.3 is 24.0 Å². The van der Waals surface area contributed by atoms with Crippen molar-refractivity contribution in [2.24, 2.45) is 0 Å². The highest BCUT2D eigenvalue weighted by Gasteiger charge is 2.30. The van der Waals surface area contributed by atoms with Crippen molar-refractivity contribution in [2.45, 2.75) is 63.9 Å². The van der Waals surface area contributed by atoms with Crippen LogP contribution in [0.15, 0.2) is 29.7 Å². The molecule has 6 rings (SSSR count). The zero-order valence-electron chi connectivity index (χ0n) is 25.9. The van der Waals surface area contributed by atoms with Crippen molar-refractivity contribution in [2.75, 3.05) is 44.8 Å². The minimum absolute atomic E-state index is 0.00615. The molecular formula is C29H36N8O7S. The van der Waals surface area contributed by atoms with Gasteiger partial charge in [0.15, 0.2) is 6.23 Å². The summed E-state index contributed by atoms with van der Waals surface area (Å²) in [7, 11) is -3.26. The van der Waals surface area contributed by atoms with Crippen LogP contribution in [0.4, 0.5) is 10.6 Å². The largest absolute Gasteiger partial charge is 0.444 e. The first-order valence-electron chi connectivity index (χ1n) is 14.8. The van der Waals surface area contributed by atoms with Gasteiger partial charge in [-0.3, -0.25) is 4.18 Å². The minimum Gasteiger partial charge on any atom is -0.444 e. The third-order valence-electron chi connectivity index (χ3n) is 7.67. The summed E-state index contributed by atoms with van der Waals surface area (Å²) in [6, 6.07) is 3.89. The molecule has 0 N–H and O–H groups in total. The first-order chi connectivity index (χ1) is 21.4. The average Bonchev–Trinajstić information content (AvgIpc) is 3.46. The second-order valence-corrected chi connectivity index (χ2v) is 13.6. The lowest BCUT2D eigenvalue weighted by Gasteiger charge is -2.36. The molecular weight excluding hydrogens is 604 g/mol. The van der Waals surface area contributed by atoms with Crippen molar-refractivity contribution in [3.8, 4) is 11.6 Å². The van der Waals surface area contributed by atoms with Gasteiger partial charge in [-0.1, -0.05) is 6.07 Å². The van der Waals surface area contributed by atoms with E-state index < -0.39 is 27.0 Å². The number of piperazine rings is 1. The number of nitrogens with zero attached hydrogens (tertiary/aromatic N) is 8. The molecule has 4 aromatic rings. The van der Waals surface area contributed by atoms with Crippen molar-refractivity contribution in [3.05, 3.63) is 30.1 Å². The van der Waals surface area contributed by atoms with Crippen LogP contribution in [0, 0.1) is 6.92 Å². The summed E-state index contributed by atoms with van der Waals surface area (Å²) in [5, 5.41) is 13.6.